The van der Waals surface area contributed by atoms with Gasteiger partial charge < -0.3 is 20.0 Å². The van der Waals surface area contributed by atoms with E-state index in [0.29, 0.717) is 11.4 Å². The van der Waals surface area contributed by atoms with Gasteiger partial charge in [-0.3, -0.25) is 29.2 Å². The van der Waals surface area contributed by atoms with Crippen LogP contribution in [0.1, 0.15) is 0 Å². The maximum atomic E-state index is 10.5. The van der Waals surface area contributed by atoms with Gasteiger partial charge in [-0.05, 0) is 48.5 Å². The fourth-order valence-electron chi connectivity index (χ4n) is 1.45. The van der Waals surface area contributed by atoms with Crippen LogP contribution in [0.3, 0.4) is 0 Å². The third-order valence-corrected chi connectivity index (χ3v) is 4.37. The van der Waals surface area contributed by atoms with Crippen LogP contribution < -0.4 is 22.5 Å². The molecular weight excluding hydrogens is 456 g/mol. The Morgan fingerprint density at radius 1 is 0.621 bits per heavy atom. The van der Waals surface area contributed by atoms with E-state index in [2.05, 4.69) is 10.9 Å². The Morgan fingerprint density at radius 3 is 0.966 bits per heavy atom. The van der Waals surface area contributed by atoms with Crippen LogP contribution in [0.25, 0.3) is 0 Å². The zero-order valence-electron chi connectivity index (χ0n) is 14.2. The number of nitrogens with one attached hydrogen (secondary N) is 2. The highest BCUT2D eigenvalue weighted by Crippen LogP contribution is 2.13. The Labute approximate surface area is 166 Å². The fourth-order valence-corrected chi connectivity index (χ4v) is 2.41. The molecule has 0 radical (unpaired) electrons. The number of hydrogen-bond acceptors (Lipinski definition) is 12. The van der Waals surface area contributed by atoms with Crippen LogP contribution in [-0.4, -0.2) is 43.5 Å². The quantitative estimate of drug-likeness (QED) is 0.136. The monoisotopic (exact) mass is 472 g/mol. The normalized spacial score (nSPS) is 11.2. The molecule has 0 aliphatic carbocycles. The molecule has 0 atom stereocenters. The molecule has 2 aromatic carbocycles. The predicted octanol–water partition coefficient (Wildman–Crippen LogP) is -0.900. The molecule has 0 unspecified atom stereocenters. The maximum Gasteiger partial charge on any atom is 0.294 e. The summed E-state index contributed by atoms with van der Waals surface area (Å²) in [7, 11) is -13.4. The second-order valence-corrected chi connectivity index (χ2v) is 8.36. The van der Waals surface area contributed by atoms with Gasteiger partial charge in [0.05, 0.1) is 9.79 Å². The van der Waals surface area contributed by atoms with Gasteiger partial charge >= 0.3 is 0 Å². The lowest BCUT2D eigenvalue weighted by atomic mass is 10.3. The highest BCUT2D eigenvalue weighted by Gasteiger charge is 2.08. The largest absolute Gasteiger partial charge is 0.759 e. The molecule has 29 heavy (non-hydrogen) atoms. The Hall–Kier alpha value is -2.35. The lowest BCUT2D eigenvalue weighted by Crippen LogP contribution is -2.06. The zero-order valence-corrected chi connectivity index (χ0v) is 16.6. The summed E-state index contributed by atoms with van der Waals surface area (Å²) in [6.45, 7) is 0. The summed E-state index contributed by atoms with van der Waals surface area (Å²) in [4.78, 5) is -0.303. The molecule has 164 valence electrons. The van der Waals surface area contributed by atoms with Gasteiger partial charge in [0.1, 0.15) is 0 Å². The van der Waals surface area contributed by atoms with Gasteiger partial charge in [-0.25, -0.2) is 0 Å². The average molecular weight is 472 g/mol. The number of nitrogens with two attached hydrogens (primary N) is 2. The van der Waals surface area contributed by atoms with Crippen LogP contribution in [0.15, 0.2) is 58.3 Å². The van der Waals surface area contributed by atoms with Crippen molar-refractivity contribution < 1.29 is 43.5 Å². The Morgan fingerprint density at radius 2 is 0.828 bits per heavy atom. The van der Waals surface area contributed by atoms with Crippen molar-refractivity contribution in [1.82, 2.24) is 0 Å². The van der Waals surface area contributed by atoms with Crippen LogP contribution in [0.5, 0.6) is 0 Å². The molecule has 2 rings (SSSR count). The molecule has 8 N–H and O–H groups in total. The van der Waals surface area contributed by atoms with Crippen LogP contribution in [0, 0.1) is 0 Å². The van der Waals surface area contributed by atoms with E-state index in [0.717, 1.165) is 0 Å². The first-order chi connectivity index (χ1) is 13.1. The van der Waals surface area contributed by atoms with E-state index in [1.165, 1.54) is 48.5 Å². The van der Waals surface area contributed by atoms with E-state index >= 15 is 0 Å². The summed E-state index contributed by atoms with van der Waals surface area (Å²) in [6.07, 6.45) is 0. The molecule has 0 heterocycles. The smallest absolute Gasteiger partial charge is 0.294 e. The van der Waals surface area contributed by atoms with Crippen LogP contribution >= 0.6 is 0 Å². The fraction of sp³-hybridized carbons (Fsp3) is 0. The number of nitrogen functional groups attached to an aromatic ring is 2. The van der Waals surface area contributed by atoms with Gasteiger partial charge in [0.15, 0.2) is 0 Å². The summed E-state index contributed by atoms with van der Waals surface area (Å²) in [5.74, 6) is 10.1. The number of hydrazine groups is 2. The van der Waals surface area contributed by atoms with Crippen LogP contribution in [0.2, 0.25) is 0 Å². The first kappa shape index (κ1) is 26.6. The van der Waals surface area contributed by atoms with Gasteiger partial charge in [0.25, 0.3) is 20.2 Å². The van der Waals surface area contributed by atoms with Gasteiger partial charge in [-0.1, -0.05) is 0 Å². The number of anilines is 2. The third kappa shape index (κ3) is 12.7. The van der Waals surface area contributed by atoms with E-state index in [9.17, 15) is 16.8 Å². The minimum Gasteiger partial charge on any atom is -0.759 e. The lowest BCUT2D eigenvalue weighted by Gasteiger charge is -2.06. The second-order valence-electron chi connectivity index (χ2n) is 4.70. The van der Waals surface area contributed by atoms with Crippen molar-refractivity contribution in [1.29, 1.82) is 0 Å². The number of rotatable bonds is 4. The highest BCUT2D eigenvalue weighted by molar-refractivity contribution is 7.86. The van der Waals surface area contributed by atoms with Crippen molar-refractivity contribution in [2.24, 2.45) is 11.7 Å². The molecule has 0 spiro atoms. The first-order valence-corrected chi connectivity index (χ1v) is 11.0. The second kappa shape index (κ2) is 11.0. The van der Waals surface area contributed by atoms with Gasteiger partial charge in [0.2, 0.25) is 0 Å². The van der Waals surface area contributed by atoms with Crippen molar-refractivity contribution in [2.45, 2.75) is 9.79 Å². The zero-order chi connectivity index (χ0) is 22.9. The standard InChI is InChI=1S/2C6H8N2O3S.H2O4S/c2*7-8-5-1-3-6(4-2-5)12(9,10)11;1-5(2,3)4/h2*1-4,8H,7H2,(H,9,10,11);(H2,1,2,3,4)/p-2. The van der Waals surface area contributed by atoms with E-state index in [1.807, 2.05) is 0 Å². The molecule has 14 nitrogen and oxygen atoms in total. The molecular formula is C12H16N4O10S3-2. The van der Waals surface area contributed by atoms with Crippen molar-refractivity contribution in [3.63, 3.8) is 0 Å². The molecule has 0 saturated carbocycles. The Bertz CT molecular complexity index is 1000. The molecule has 0 saturated heterocycles. The minimum atomic E-state index is -5.17. The molecule has 0 aromatic heterocycles. The third-order valence-electron chi connectivity index (χ3n) is 2.64. The van der Waals surface area contributed by atoms with E-state index in [-0.39, 0.29) is 9.79 Å². The van der Waals surface area contributed by atoms with Gasteiger partial charge in [-0.2, -0.15) is 16.8 Å². The summed E-state index contributed by atoms with van der Waals surface area (Å²) in [6, 6.07) is 10.8. The SMILES string of the molecule is NNc1ccc(S(=O)(=O)O)cc1.NNc1ccc(S(=O)(=O)O)cc1.O=S(=O)([O-])[O-]. The van der Waals surface area contributed by atoms with E-state index < -0.39 is 30.6 Å². The van der Waals surface area contributed by atoms with Crippen molar-refractivity contribution in [2.75, 3.05) is 10.9 Å². The molecule has 0 aliphatic heterocycles. The Kier molecular flexibility index (Phi) is 10.1. The number of hydrogen-bond donors (Lipinski definition) is 6. The van der Waals surface area contributed by atoms with E-state index in [4.69, 9.17) is 38.3 Å². The maximum absolute atomic E-state index is 10.5. The summed E-state index contributed by atoms with van der Waals surface area (Å²) in [5, 5.41) is 0. The summed E-state index contributed by atoms with van der Waals surface area (Å²) < 4.78 is 93.4. The molecule has 0 aliphatic rings. The van der Waals surface area contributed by atoms with Gasteiger partial charge in [-0.15, -0.1) is 0 Å². The summed E-state index contributed by atoms with van der Waals surface area (Å²) >= 11 is 0. The summed E-state index contributed by atoms with van der Waals surface area (Å²) in [5.41, 5.74) is 5.80. The molecule has 0 bridgehead atoms. The highest BCUT2D eigenvalue weighted by atomic mass is 32.3. The Balaban J connectivity index is 0.000000442. The van der Waals surface area contributed by atoms with Crippen molar-refractivity contribution in [3.05, 3.63) is 48.5 Å². The predicted molar refractivity (Wildman–Crippen MR) is 98.6 cm³/mol. The molecule has 0 amide bonds. The molecule has 0 fully saturated rings. The van der Waals surface area contributed by atoms with Gasteiger partial charge in [0, 0.05) is 21.8 Å². The number of benzene rings is 2. The van der Waals surface area contributed by atoms with Crippen LogP contribution in [0.4, 0.5) is 11.4 Å². The minimum absolute atomic E-state index is 0.151. The first-order valence-electron chi connectivity index (χ1n) is 6.83. The molecule has 17 heteroatoms. The molecule has 2 aromatic rings. The average Bonchev–Trinajstić information content (AvgIpc) is 2.59. The van der Waals surface area contributed by atoms with Crippen LogP contribution in [-0.2, 0) is 30.6 Å². The topological polar surface area (TPSA) is 265 Å². The van der Waals surface area contributed by atoms with Crippen molar-refractivity contribution in [3.8, 4) is 0 Å². The lowest BCUT2D eigenvalue weighted by molar-refractivity contribution is 0.352. The van der Waals surface area contributed by atoms with Crippen molar-refractivity contribution >= 4 is 42.0 Å². The van der Waals surface area contributed by atoms with E-state index in [1.54, 1.807) is 0 Å².